The summed E-state index contributed by atoms with van der Waals surface area (Å²) in [4.78, 5) is 2.01. The molecule has 1 aromatic rings. The first-order valence-electron chi connectivity index (χ1n) is 6.93. The van der Waals surface area contributed by atoms with Gasteiger partial charge in [-0.1, -0.05) is 19.1 Å². The summed E-state index contributed by atoms with van der Waals surface area (Å²) in [5.41, 5.74) is 6.43. The van der Waals surface area contributed by atoms with Crippen molar-refractivity contribution in [2.75, 3.05) is 25.1 Å². The molecule has 0 amide bonds. The smallest absolute Gasteiger partial charge is 0.146 e. The predicted octanol–water partition coefficient (Wildman–Crippen LogP) is 2.55. The molecule has 1 aromatic carbocycles. The average molecular weight is 266 g/mol. The Bertz CT molecular complexity index is 426. The van der Waals surface area contributed by atoms with Crippen molar-refractivity contribution in [3.05, 3.63) is 30.1 Å². The quantitative estimate of drug-likeness (QED) is 0.910. The Balaban J connectivity index is 2.28. The highest BCUT2D eigenvalue weighted by atomic mass is 19.1. The lowest BCUT2D eigenvalue weighted by atomic mass is 9.84. The van der Waals surface area contributed by atoms with Crippen molar-refractivity contribution in [2.24, 2.45) is 5.73 Å². The number of para-hydroxylation sites is 1. The van der Waals surface area contributed by atoms with Gasteiger partial charge >= 0.3 is 0 Å². The van der Waals surface area contributed by atoms with Gasteiger partial charge in [-0.15, -0.1) is 0 Å². The largest absolute Gasteiger partial charge is 0.378 e. The predicted molar refractivity (Wildman–Crippen MR) is 75.9 cm³/mol. The van der Waals surface area contributed by atoms with E-state index in [0.29, 0.717) is 18.8 Å². The van der Waals surface area contributed by atoms with Crippen LogP contribution in [0.1, 0.15) is 26.2 Å². The zero-order valence-electron chi connectivity index (χ0n) is 11.7. The van der Waals surface area contributed by atoms with Gasteiger partial charge in [-0.05, 0) is 31.4 Å². The second-order valence-electron chi connectivity index (χ2n) is 5.29. The average Bonchev–Trinajstić information content (AvgIpc) is 2.47. The van der Waals surface area contributed by atoms with Gasteiger partial charge in [0, 0.05) is 20.2 Å². The molecule has 2 N–H and O–H groups in total. The number of likely N-dealkylation sites (N-methyl/N-ethyl adjacent to an activating group) is 1. The second-order valence-corrected chi connectivity index (χ2v) is 5.29. The zero-order valence-corrected chi connectivity index (χ0v) is 11.7. The Morgan fingerprint density at radius 3 is 2.84 bits per heavy atom. The molecule has 0 saturated carbocycles. The van der Waals surface area contributed by atoms with E-state index < -0.39 is 0 Å². The lowest BCUT2D eigenvalue weighted by molar-refractivity contribution is -0.0189. The minimum atomic E-state index is -0.207. The van der Waals surface area contributed by atoms with Crippen LogP contribution in [0.5, 0.6) is 0 Å². The summed E-state index contributed by atoms with van der Waals surface area (Å²) in [6.45, 7) is 3.31. The van der Waals surface area contributed by atoms with E-state index in [1.165, 1.54) is 6.07 Å². The van der Waals surface area contributed by atoms with Crippen LogP contribution < -0.4 is 10.6 Å². The molecule has 1 heterocycles. The number of nitrogens with two attached hydrogens (primary N) is 1. The van der Waals surface area contributed by atoms with E-state index in [9.17, 15) is 4.39 Å². The maximum Gasteiger partial charge on any atom is 0.146 e. The monoisotopic (exact) mass is 266 g/mol. The van der Waals surface area contributed by atoms with E-state index in [1.807, 2.05) is 24.1 Å². The fourth-order valence-electron chi connectivity index (χ4n) is 2.87. The molecular formula is C15H23FN2O. The van der Waals surface area contributed by atoms with E-state index in [1.54, 1.807) is 6.07 Å². The summed E-state index contributed by atoms with van der Waals surface area (Å²) in [5, 5.41) is 0. The Morgan fingerprint density at radius 1 is 1.47 bits per heavy atom. The van der Waals surface area contributed by atoms with Crippen LogP contribution in [-0.2, 0) is 4.74 Å². The van der Waals surface area contributed by atoms with Crippen molar-refractivity contribution < 1.29 is 9.13 Å². The molecule has 2 unspecified atom stereocenters. The lowest BCUT2D eigenvalue weighted by Gasteiger charge is -2.47. The van der Waals surface area contributed by atoms with Crippen molar-refractivity contribution in [1.82, 2.24) is 0 Å². The van der Waals surface area contributed by atoms with Gasteiger partial charge in [0.25, 0.3) is 0 Å². The van der Waals surface area contributed by atoms with Crippen molar-refractivity contribution in [1.29, 1.82) is 0 Å². The maximum atomic E-state index is 14.0. The highest BCUT2D eigenvalue weighted by molar-refractivity contribution is 5.50. The summed E-state index contributed by atoms with van der Waals surface area (Å²) in [5.74, 6) is -0.197. The fraction of sp³-hybridized carbons (Fsp3) is 0.600. The second kappa shape index (κ2) is 5.88. The Morgan fingerprint density at radius 2 is 2.21 bits per heavy atom. The number of rotatable bonds is 4. The molecule has 2 rings (SSSR count). The molecule has 3 nitrogen and oxygen atoms in total. The number of nitrogens with zero attached hydrogens (tertiary/aromatic N) is 1. The zero-order chi connectivity index (χ0) is 13.9. The molecule has 1 fully saturated rings. The van der Waals surface area contributed by atoms with Gasteiger partial charge < -0.3 is 15.4 Å². The van der Waals surface area contributed by atoms with Gasteiger partial charge in [-0.2, -0.15) is 0 Å². The van der Waals surface area contributed by atoms with Gasteiger partial charge in [0.2, 0.25) is 0 Å². The van der Waals surface area contributed by atoms with Gasteiger partial charge in [0.05, 0.1) is 17.3 Å². The molecule has 1 aliphatic rings. The lowest BCUT2D eigenvalue weighted by Crippen LogP contribution is -2.57. The van der Waals surface area contributed by atoms with Crippen LogP contribution in [0.25, 0.3) is 0 Å². The highest BCUT2D eigenvalue weighted by Crippen LogP contribution is 2.34. The molecule has 106 valence electrons. The van der Waals surface area contributed by atoms with E-state index in [-0.39, 0.29) is 17.5 Å². The van der Waals surface area contributed by atoms with Crippen LogP contribution >= 0.6 is 0 Å². The normalized spacial score (nSPS) is 27.3. The molecule has 2 atom stereocenters. The van der Waals surface area contributed by atoms with Crippen molar-refractivity contribution in [3.63, 3.8) is 0 Å². The highest BCUT2D eigenvalue weighted by Gasteiger charge is 2.39. The molecular weight excluding hydrogens is 243 g/mol. The standard InChI is InChI=1S/C15H23FN2O/c1-3-12-10-15(11-17,8-9-19-12)18(2)14-7-5-4-6-13(14)16/h4-7,12H,3,8-11,17H2,1-2H3. The minimum absolute atomic E-state index is 0.197. The third-order valence-electron chi connectivity index (χ3n) is 4.29. The number of ether oxygens (including phenoxy) is 1. The Labute approximate surface area is 114 Å². The van der Waals surface area contributed by atoms with Gasteiger partial charge in [-0.3, -0.25) is 0 Å². The molecule has 0 spiro atoms. The molecule has 0 aliphatic carbocycles. The molecule has 0 radical (unpaired) electrons. The summed E-state index contributed by atoms with van der Waals surface area (Å²) in [6, 6.07) is 6.87. The van der Waals surface area contributed by atoms with E-state index in [4.69, 9.17) is 10.5 Å². The van der Waals surface area contributed by atoms with Crippen LogP contribution in [0.2, 0.25) is 0 Å². The molecule has 1 aliphatic heterocycles. The fourth-order valence-corrected chi connectivity index (χ4v) is 2.87. The minimum Gasteiger partial charge on any atom is -0.378 e. The van der Waals surface area contributed by atoms with E-state index >= 15 is 0 Å². The maximum absolute atomic E-state index is 14.0. The first-order valence-corrected chi connectivity index (χ1v) is 6.93. The summed E-state index contributed by atoms with van der Waals surface area (Å²) >= 11 is 0. The third-order valence-corrected chi connectivity index (χ3v) is 4.29. The van der Waals surface area contributed by atoms with Crippen molar-refractivity contribution in [2.45, 2.75) is 37.8 Å². The van der Waals surface area contributed by atoms with Crippen molar-refractivity contribution in [3.8, 4) is 0 Å². The van der Waals surface area contributed by atoms with E-state index in [0.717, 1.165) is 19.3 Å². The summed E-state index contributed by atoms with van der Waals surface area (Å²) in [7, 11) is 1.93. The number of hydrogen-bond donors (Lipinski definition) is 1. The van der Waals surface area contributed by atoms with E-state index in [2.05, 4.69) is 6.92 Å². The van der Waals surface area contributed by atoms with Gasteiger partial charge in [0.15, 0.2) is 0 Å². The Hall–Kier alpha value is -1.13. The van der Waals surface area contributed by atoms with Gasteiger partial charge in [0.1, 0.15) is 5.82 Å². The first-order chi connectivity index (χ1) is 9.13. The summed E-state index contributed by atoms with van der Waals surface area (Å²) < 4.78 is 19.7. The molecule has 0 bridgehead atoms. The molecule has 0 aromatic heterocycles. The van der Waals surface area contributed by atoms with Crippen LogP contribution in [0.3, 0.4) is 0 Å². The molecule has 4 heteroatoms. The van der Waals surface area contributed by atoms with Crippen LogP contribution in [0.4, 0.5) is 10.1 Å². The summed E-state index contributed by atoms with van der Waals surface area (Å²) in [6.07, 6.45) is 2.87. The SMILES string of the molecule is CCC1CC(CN)(N(C)c2ccccc2F)CCO1. The third kappa shape index (κ3) is 2.74. The Kier molecular flexibility index (Phi) is 4.42. The molecule has 1 saturated heterocycles. The number of hydrogen-bond acceptors (Lipinski definition) is 3. The number of benzene rings is 1. The number of anilines is 1. The number of halogens is 1. The van der Waals surface area contributed by atoms with Crippen LogP contribution in [0, 0.1) is 5.82 Å². The molecule has 19 heavy (non-hydrogen) atoms. The van der Waals surface area contributed by atoms with Gasteiger partial charge in [-0.25, -0.2) is 4.39 Å². The topological polar surface area (TPSA) is 38.5 Å². The van der Waals surface area contributed by atoms with Crippen LogP contribution in [-0.4, -0.2) is 31.8 Å². The van der Waals surface area contributed by atoms with Crippen LogP contribution in [0.15, 0.2) is 24.3 Å². The van der Waals surface area contributed by atoms with Crippen molar-refractivity contribution >= 4 is 5.69 Å². The first kappa shape index (κ1) is 14.3.